The van der Waals surface area contributed by atoms with Crippen molar-refractivity contribution >= 4 is 23.4 Å². The number of nitrogens with one attached hydrogen (secondary N) is 2. The summed E-state index contributed by atoms with van der Waals surface area (Å²) >= 11 is 0. The number of hydrogen-bond acceptors (Lipinski definition) is 5. The molecule has 1 atom stereocenters. The van der Waals surface area contributed by atoms with E-state index in [0.717, 1.165) is 11.3 Å². The zero-order valence-electron chi connectivity index (χ0n) is 16.2. The third kappa shape index (κ3) is 4.13. The first-order valence-electron chi connectivity index (χ1n) is 9.49. The summed E-state index contributed by atoms with van der Waals surface area (Å²) in [5.74, 6) is 0.0360. The Morgan fingerprint density at radius 1 is 1.19 bits per heavy atom. The number of amides is 2. The molecule has 0 bridgehead atoms. The third-order valence-corrected chi connectivity index (χ3v) is 5.67. The highest BCUT2D eigenvalue weighted by Gasteiger charge is 2.38. The Labute approximate surface area is 160 Å². The van der Waals surface area contributed by atoms with Crippen LogP contribution in [0.2, 0.25) is 0 Å². The van der Waals surface area contributed by atoms with E-state index in [-0.39, 0.29) is 36.0 Å². The average molecular weight is 372 g/mol. The Balaban J connectivity index is 1.59. The molecule has 2 heterocycles. The van der Waals surface area contributed by atoms with Gasteiger partial charge in [0.05, 0.1) is 5.92 Å². The molecule has 3 rings (SSSR count). The average Bonchev–Trinajstić information content (AvgIpc) is 3.05. The minimum Gasteiger partial charge on any atom is -0.394 e. The number of likely N-dealkylation sites (tertiary alicyclic amines) is 1. The monoisotopic (exact) mass is 372 g/mol. The molecule has 0 radical (unpaired) electrons. The normalized spacial score (nSPS) is 20.9. The first kappa shape index (κ1) is 19.4. The Morgan fingerprint density at radius 3 is 2.52 bits per heavy atom. The molecular formula is C20H28N4O3. The molecule has 146 valence electrons. The summed E-state index contributed by atoms with van der Waals surface area (Å²) in [4.78, 5) is 34.0. The van der Waals surface area contributed by atoms with Gasteiger partial charge < -0.3 is 14.6 Å². The third-order valence-electron chi connectivity index (χ3n) is 5.67. The van der Waals surface area contributed by atoms with Crippen molar-refractivity contribution in [3.05, 3.63) is 29.3 Å². The number of anilines is 1. The molecule has 0 unspecified atom stereocenters. The number of piperidine rings is 1. The molecule has 0 aliphatic carbocycles. The van der Waals surface area contributed by atoms with Crippen LogP contribution < -0.4 is 10.4 Å². The summed E-state index contributed by atoms with van der Waals surface area (Å²) in [7, 11) is 1.63. The highest BCUT2D eigenvalue weighted by molar-refractivity contribution is 6.00. The fraction of sp³-hybridized carbons (Fsp3) is 0.550. The lowest BCUT2D eigenvalue weighted by atomic mass is 9.95. The molecule has 1 aromatic rings. The minimum atomic E-state index is -0.288. The van der Waals surface area contributed by atoms with Crippen LogP contribution in [0, 0.1) is 31.1 Å². The molecule has 2 aliphatic heterocycles. The lowest BCUT2D eigenvalue weighted by molar-refractivity contribution is -0.137. The van der Waals surface area contributed by atoms with Gasteiger partial charge in [-0.25, -0.2) is 0 Å². The second kappa shape index (κ2) is 8.08. The van der Waals surface area contributed by atoms with Gasteiger partial charge in [0.1, 0.15) is 0 Å². The van der Waals surface area contributed by atoms with Crippen LogP contribution in [0.15, 0.2) is 18.2 Å². The fourth-order valence-corrected chi connectivity index (χ4v) is 3.83. The van der Waals surface area contributed by atoms with Gasteiger partial charge in [0.25, 0.3) is 0 Å². The van der Waals surface area contributed by atoms with Crippen LogP contribution in [-0.2, 0) is 14.4 Å². The summed E-state index contributed by atoms with van der Waals surface area (Å²) < 4.78 is 0. The molecule has 7 heteroatoms. The Morgan fingerprint density at radius 2 is 1.89 bits per heavy atom. The molecule has 2 aliphatic rings. The van der Waals surface area contributed by atoms with Crippen LogP contribution in [0.25, 0.3) is 0 Å². The second-order valence-corrected chi connectivity index (χ2v) is 7.44. The lowest BCUT2D eigenvalue weighted by Crippen LogP contribution is -2.44. The van der Waals surface area contributed by atoms with Crippen LogP contribution in [-0.4, -0.2) is 49.3 Å². The van der Waals surface area contributed by atoms with Crippen LogP contribution >= 0.6 is 0 Å². The first-order chi connectivity index (χ1) is 12.9. The zero-order chi connectivity index (χ0) is 19.6. The van der Waals surface area contributed by atoms with Crippen molar-refractivity contribution in [3.8, 4) is 0 Å². The van der Waals surface area contributed by atoms with Crippen LogP contribution in [0.4, 0.5) is 5.69 Å². The molecule has 2 fully saturated rings. The Hall–Kier alpha value is -2.41. The van der Waals surface area contributed by atoms with Crippen molar-refractivity contribution in [2.75, 3.05) is 31.6 Å². The van der Waals surface area contributed by atoms with E-state index in [9.17, 15) is 9.59 Å². The summed E-state index contributed by atoms with van der Waals surface area (Å²) in [6.07, 6.45) is 1.70. The first-order valence-corrected chi connectivity index (χ1v) is 9.49. The van der Waals surface area contributed by atoms with Crippen molar-refractivity contribution in [3.63, 3.8) is 0 Å². The predicted octanol–water partition coefficient (Wildman–Crippen LogP) is 2.02. The van der Waals surface area contributed by atoms with E-state index in [2.05, 4.69) is 5.48 Å². The van der Waals surface area contributed by atoms with Gasteiger partial charge in [-0.15, -0.1) is 0 Å². The molecule has 2 amide bonds. The maximum absolute atomic E-state index is 12.9. The summed E-state index contributed by atoms with van der Waals surface area (Å²) in [6, 6.07) is 5.98. The molecule has 1 aromatic carbocycles. The van der Waals surface area contributed by atoms with Crippen LogP contribution in [0.5, 0.6) is 0 Å². The second-order valence-electron chi connectivity index (χ2n) is 7.44. The van der Waals surface area contributed by atoms with Gasteiger partial charge in [-0.3, -0.25) is 15.0 Å². The molecule has 7 nitrogen and oxygen atoms in total. The topological polar surface area (TPSA) is 85.7 Å². The van der Waals surface area contributed by atoms with E-state index in [4.69, 9.17) is 10.2 Å². The maximum atomic E-state index is 12.9. The standard InChI is InChI=1S/C20H28N4O3/c1-13-4-5-17(10-14(13)2)24-12-16(11-18(24)25)20(26)23-8-6-15(7-9-23)19(21)27-22-3/h4-5,10,15-16,21-22H,6-9,11-12H2,1-3H3/t16-/m1/s1. The predicted molar refractivity (Wildman–Crippen MR) is 104 cm³/mol. The van der Waals surface area contributed by atoms with Gasteiger partial charge >= 0.3 is 0 Å². The van der Waals surface area contributed by atoms with Gasteiger partial charge in [0.2, 0.25) is 17.7 Å². The van der Waals surface area contributed by atoms with E-state index >= 15 is 0 Å². The van der Waals surface area contributed by atoms with E-state index in [1.165, 1.54) is 5.56 Å². The minimum absolute atomic E-state index is 0.00990. The van der Waals surface area contributed by atoms with Gasteiger partial charge in [-0.1, -0.05) is 6.07 Å². The van der Waals surface area contributed by atoms with Crippen molar-refractivity contribution < 1.29 is 14.4 Å². The Kier molecular flexibility index (Phi) is 5.79. The Bertz CT molecular complexity index is 741. The van der Waals surface area contributed by atoms with Gasteiger partial charge in [0.15, 0.2) is 0 Å². The number of nitrogens with zero attached hydrogens (tertiary/aromatic N) is 2. The van der Waals surface area contributed by atoms with Gasteiger partial charge in [-0.2, -0.15) is 5.48 Å². The molecule has 0 saturated carbocycles. The fourth-order valence-electron chi connectivity index (χ4n) is 3.83. The molecule has 27 heavy (non-hydrogen) atoms. The van der Waals surface area contributed by atoms with Crippen LogP contribution in [0.1, 0.15) is 30.4 Å². The summed E-state index contributed by atoms with van der Waals surface area (Å²) in [5.41, 5.74) is 5.73. The lowest BCUT2D eigenvalue weighted by Gasteiger charge is -2.33. The molecule has 2 N–H and O–H groups in total. The van der Waals surface area contributed by atoms with Crippen molar-refractivity contribution in [1.29, 1.82) is 5.41 Å². The summed E-state index contributed by atoms with van der Waals surface area (Å²) in [5, 5.41) is 7.86. The zero-order valence-corrected chi connectivity index (χ0v) is 16.2. The molecule has 0 aromatic heterocycles. The van der Waals surface area contributed by atoms with E-state index in [1.807, 2.05) is 36.9 Å². The van der Waals surface area contributed by atoms with Crippen molar-refractivity contribution in [2.45, 2.75) is 33.1 Å². The number of carbonyl (C=O) groups is 2. The number of aryl methyl sites for hydroxylation is 2. The summed E-state index contributed by atoms with van der Waals surface area (Å²) in [6.45, 7) is 5.73. The van der Waals surface area contributed by atoms with E-state index in [0.29, 0.717) is 32.5 Å². The number of benzene rings is 1. The molecule has 2 saturated heterocycles. The number of hydrogen-bond donors (Lipinski definition) is 2. The molecule has 0 spiro atoms. The van der Waals surface area contributed by atoms with Crippen molar-refractivity contribution in [1.82, 2.24) is 10.4 Å². The largest absolute Gasteiger partial charge is 0.394 e. The highest BCUT2D eigenvalue weighted by Crippen LogP contribution is 2.29. The number of hydroxylamine groups is 1. The molecular weight excluding hydrogens is 344 g/mol. The van der Waals surface area contributed by atoms with Gasteiger partial charge in [-0.05, 0) is 49.9 Å². The number of carbonyl (C=O) groups excluding carboxylic acids is 2. The van der Waals surface area contributed by atoms with E-state index < -0.39 is 0 Å². The highest BCUT2D eigenvalue weighted by atomic mass is 16.6. The maximum Gasteiger partial charge on any atom is 0.228 e. The smallest absolute Gasteiger partial charge is 0.228 e. The van der Waals surface area contributed by atoms with Crippen LogP contribution in [0.3, 0.4) is 0 Å². The quantitative estimate of drug-likeness (QED) is 0.481. The number of rotatable bonds is 4. The van der Waals surface area contributed by atoms with Gasteiger partial charge in [0, 0.05) is 44.7 Å². The van der Waals surface area contributed by atoms with Crippen molar-refractivity contribution in [2.24, 2.45) is 11.8 Å². The van der Waals surface area contributed by atoms with E-state index in [1.54, 1.807) is 11.9 Å². The SMILES string of the molecule is CNOC(=N)C1CCN(C(=O)[C@@H]2CC(=O)N(c3ccc(C)c(C)c3)C2)CC1.